The van der Waals surface area contributed by atoms with Gasteiger partial charge in [-0.05, 0) is 37.5 Å². The largest absolute Gasteiger partial charge is 0.351 e. The molecule has 132 valence electrons. The minimum Gasteiger partial charge on any atom is -0.351 e. The highest BCUT2D eigenvalue weighted by molar-refractivity contribution is 9.10. The molecule has 0 aliphatic carbocycles. The molecule has 1 aliphatic heterocycles. The molecule has 0 radical (unpaired) electrons. The zero-order valence-corrected chi connectivity index (χ0v) is 16.1. The van der Waals surface area contributed by atoms with Crippen LogP contribution in [-0.4, -0.2) is 35.8 Å². The number of hydrogen-bond acceptors (Lipinski definition) is 3. The van der Waals surface area contributed by atoms with E-state index in [9.17, 15) is 9.59 Å². The lowest BCUT2D eigenvalue weighted by molar-refractivity contribution is -0.135. The summed E-state index contributed by atoms with van der Waals surface area (Å²) in [5.41, 5.74) is 5.97. The minimum absolute atomic E-state index is 0.0147. The molecule has 2 rings (SSSR count). The van der Waals surface area contributed by atoms with Gasteiger partial charge >= 0.3 is 0 Å². The Balaban J connectivity index is 1.93. The van der Waals surface area contributed by atoms with Crippen LogP contribution < -0.4 is 11.1 Å². The fourth-order valence-electron chi connectivity index (χ4n) is 2.87. The van der Waals surface area contributed by atoms with Gasteiger partial charge < -0.3 is 16.0 Å². The summed E-state index contributed by atoms with van der Waals surface area (Å²) in [5.74, 6) is 0.0117. The third kappa shape index (κ3) is 4.36. The quantitative estimate of drug-likeness (QED) is 0.821. The summed E-state index contributed by atoms with van der Waals surface area (Å²) < 4.78 is 0.949. The average molecular weight is 396 g/mol. The highest BCUT2D eigenvalue weighted by Gasteiger charge is 2.33. The normalized spacial score (nSPS) is 18.3. The van der Waals surface area contributed by atoms with E-state index < -0.39 is 5.54 Å². The molecule has 6 heteroatoms. The van der Waals surface area contributed by atoms with Crippen LogP contribution in [0.2, 0.25) is 0 Å². The number of nitrogens with two attached hydrogens (primary N) is 1. The van der Waals surface area contributed by atoms with Crippen molar-refractivity contribution in [2.75, 3.05) is 13.1 Å². The van der Waals surface area contributed by atoms with Crippen molar-refractivity contribution in [3.05, 3.63) is 34.3 Å². The maximum absolute atomic E-state index is 12.6. The van der Waals surface area contributed by atoms with E-state index in [-0.39, 0.29) is 23.8 Å². The Hall–Kier alpha value is -1.40. The lowest BCUT2D eigenvalue weighted by Crippen LogP contribution is -2.54. The van der Waals surface area contributed by atoms with E-state index in [0.29, 0.717) is 13.1 Å². The van der Waals surface area contributed by atoms with Crippen LogP contribution in [0, 0.1) is 5.92 Å². The van der Waals surface area contributed by atoms with Crippen molar-refractivity contribution in [3.8, 4) is 0 Å². The summed E-state index contributed by atoms with van der Waals surface area (Å²) in [7, 11) is 0. The number of benzene rings is 1. The number of rotatable bonds is 4. The highest BCUT2D eigenvalue weighted by atomic mass is 79.9. The smallest absolute Gasteiger partial charge is 0.244 e. The molecule has 0 saturated carbocycles. The molecule has 1 heterocycles. The summed E-state index contributed by atoms with van der Waals surface area (Å²) in [4.78, 5) is 26.5. The molecule has 1 aromatic rings. The summed E-state index contributed by atoms with van der Waals surface area (Å²) in [6.07, 6.45) is 1.53. The van der Waals surface area contributed by atoms with Crippen LogP contribution in [-0.2, 0) is 15.1 Å². The van der Waals surface area contributed by atoms with Gasteiger partial charge in [0.2, 0.25) is 11.8 Å². The van der Waals surface area contributed by atoms with Crippen LogP contribution in [0.1, 0.15) is 39.2 Å². The zero-order valence-electron chi connectivity index (χ0n) is 14.5. The Morgan fingerprint density at radius 3 is 2.29 bits per heavy atom. The number of carbonyl (C=O) groups excluding carboxylic acids is 2. The van der Waals surface area contributed by atoms with Crippen molar-refractivity contribution in [2.24, 2.45) is 11.7 Å². The fourth-order valence-corrected chi connectivity index (χ4v) is 3.14. The Kier molecular flexibility index (Phi) is 6.04. The van der Waals surface area contributed by atoms with Crippen LogP contribution in [0.15, 0.2) is 28.7 Å². The van der Waals surface area contributed by atoms with Gasteiger partial charge in [-0.15, -0.1) is 0 Å². The van der Waals surface area contributed by atoms with Gasteiger partial charge in [-0.25, -0.2) is 0 Å². The Labute approximate surface area is 152 Å². The number of nitrogens with zero attached hydrogens (tertiary/aromatic N) is 1. The average Bonchev–Trinajstić information content (AvgIpc) is 2.55. The van der Waals surface area contributed by atoms with Gasteiger partial charge in [0.05, 0.1) is 0 Å². The first-order valence-corrected chi connectivity index (χ1v) is 9.15. The molecule has 5 nitrogen and oxygen atoms in total. The van der Waals surface area contributed by atoms with Crippen molar-refractivity contribution in [1.82, 2.24) is 10.2 Å². The number of hydrogen-bond donors (Lipinski definition) is 2. The van der Waals surface area contributed by atoms with Gasteiger partial charge in [0.1, 0.15) is 5.54 Å². The Morgan fingerprint density at radius 2 is 1.79 bits per heavy atom. The second kappa shape index (κ2) is 7.66. The molecule has 0 spiro atoms. The number of carbonyl (C=O) groups is 2. The second-order valence-electron chi connectivity index (χ2n) is 6.94. The van der Waals surface area contributed by atoms with E-state index in [4.69, 9.17) is 5.73 Å². The summed E-state index contributed by atoms with van der Waals surface area (Å²) >= 11 is 3.38. The van der Waals surface area contributed by atoms with Gasteiger partial charge in [-0.2, -0.15) is 0 Å². The van der Waals surface area contributed by atoms with Gasteiger partial charge in [0.25, 0.3) is 0 Å². The summed E-state index contributed by atoms with van der Waals surface area (Å²) in [6.45, 7) is 6.91. The molecule has 1 aliphatic rings. The topological polar surface area (TPSA) is 75.4 Å². The first-order chi connectivity index (χ1) is 11.2. The van der Waals surface area contributed by atoms with Crippen LogP contribution in [0.5, 0.6) is 0 Å². The van der Waals surface area contributed by atoms with Crippen molar-refractivity contribution >= 4 is 27.7 Å². The molecular formula is C18H26BrN3O2. The number of likely N-dealkylation sites (tertiary alicyclic amines) is 1. The monoisotopic (exact) mass is 395 g/mol. The predicted molar refractivity (Wildman–Crippen MR) is 98.3 cm³/mol. The first-order valence-electron chi connectivity index (χ1n) is 8.36. The molecular weight excluding hydrogens is 370 g/mol. The van der Waals surface area contributed by atoms with Crippen LogP contribution in [0.4, 0.5) is 0 Å². The maximum Gasteiger partial charge on any atom is 0.244 e. The molecule has 1 unspecified atom stereocenters. The third-order valence-electron chi connectivity index (χ3n) is 4.55. The van der Waals surface area contributed by atoms with E-state index in [1.54, 1.807) is 6.92 Å². The van der Waals surface area contributed by atoms with Gasteiger partial charge in [-0.1, -0.05) is 41.9 Å². The zero-order chi connectivity index (χ0) is 17.9. The van der Waals surface area contributed by atoms with Crippen molar-refractivity contribution in [1.29, 1.82) is 0 Å². The predicted octanol–water partition coefficient (Wildman–Crippen LogP) is 2.39. The molecule has 1 saturated heterocycles. The van der Waals surface area contributed by atoms with Crippen molar-refractivity contribution in [3.63, 3.8) is 0 Å². The second-order valence-corrected chi connectivity index (χ2v) is 7.85. The summed E-state index contributed by atoms with van der Waals surface area (Å²) in [6, 6.07) is 7.53. The standard InChI is InChI=1S/C18H26BrN3O2/c1-12(2)16(23)22-10-8-15(9-11-22)21-17(24)18(3,20)13-4-6-14(19)7-5-13/h4-7,12,15H,8-11,20H2,1-3H3,(H,21,24). The maximum atomic E-state index is 12.6. The molecule has 24 heavy (non-hydrogen) atoms. The highest BCUT2D eigenvalue weighted by Crippen LogP contribution is 2.22. The lowest BCUT2D eigenvalue weighted by Gasteiger charge is -2.35. The van der Waals surface area contributed by atoms with Crippen LogP contribution in [0.3, 0.4) is 0 Å². The first kappa shape index (κ1) is 18.9. The molecule has 3 N–H and O–H groups in total. The van der Waals surface area contributed by atoms with E-state index in [0.717, 1.165) is 22.9 Å². The third-order valence-corrected chi connectivity index (χ3v) is 5.08. The number of piperidine rings is 1. The van der Waals surface area contributed by atoms with E-state index >= 15 is 0 Å². The molecule has 1 atom stereocenters. The molecule has 1 fully saturated rings. The number of nitrogens with one attached hydrogen (secondary N) is 1. The Morgan fingerprint density at radius 1 is 1.25 bits per heavy atom. The molecule has 0 aromatic heterocycles. The van der Waals surface area contributed by atoms with E-state index in [1.807, 2.05) is 43.0 Å². The van der Waals surface area contributed by atoms with Crippen LogP contribution >= 0.6 is 15.9 Å². The molecule has 0 bridgehead atoms. The molecule has 1 aromatic carbocycles. The van der Waals surface area contributed by atoms with Gasteiger partial charge in [0.15, 0.2) is 0 Å². The molecule has 2 amide bonds. The minimum atomic E-state index is -1.08. The summed E-state index contributed by atoms with van der Waals surface area (Å²) in [5, 5.41) is 3.05. The number of amides is 2. The Bertz CT molecular complexity index is 591. The fraction of sp³-hybridized carbons (Fsp3) is 0.556. The lowest BCUT2D eigenvalue weighted by atomic mass is 9.91. The SMILES string of the molecule is CC(C)C(=O)N1CCC(NC(=O)C(C)(N)c2ccc(Br)cc2)CC1. The van der Waals surface area contributed by atoms with Gasteiger partial charge in [-0.3, -0.25) is 9.59 Å². The van der Waals surface area contributed by atoms with E-state index in [1.165, 1.54) is 0 Å². The number of halogens is 1. The van der Waals surface area contributed by atoms with E-state index in [2.05, 4.69) is 21.2 Å². The van der Waals surface area contributed by atoms with Gasteiger partial charge in [0, 0.05) is 29.5 Å². The van der Waals surface area contributed by atoms with Crippen molar-refractivity contribution < 1.29 is 9.59 Å². The van der Waals surface area contributed by atoms with Crippen molar-refractivity contribution in [2.45, 2.75) is 45.2 Å². The van der Waals surface area contributed by atoms with Crippen LogP contribution in [0.25, 0.3) is 0 Å².